The highest BCUT2D eigenvalue weighted by Gasteiger charge is 2.21. The van der Waals surface area contributed by atoms with Crippen molar-refractivity contribution < 1.29 is 9.53 Å². The Labute approximate surface area is 135 Å². The van der Waals surface area contributed by atoms with Crippen molar-refractivity contribution in [2.24, 2.45) is 0 Å². The Bertz CT molecular complexity index is 723. The molecule has 2 rings (SSSR count). The van der Waals surface area contributed by atoms with Gasteiger partial charge in [-0.3, -0.25) is 9.59 Å². The van der Waals surface area contributed by atoms with E-state index in [9.17, 15) is 9.59 Å². The van der Waals surface area contributed by atoms with E-state index < -0.39 is 6.10 Å². The van der Waals surface area contributed by atoms with E-state index in [1.54, 1.807) is 0 Å². The topological polar surface area (TPSA) is 71.2 Å². The molecule has 0 spiro atoms. The zero-order valence-electron chi connectivity index (χ0n) is 13.7. The predicted octanol–water partition coefficient (Wildman–Crippen LogP) is 2.39. The van der Waals surface area contributed by atoms with Gasteiger partial charge in [-0.2, -0.15) is 0 Å². The van der Waals surface area contributed by atoms with Gasteiger partial charge in [0.1, 0.15) is 0 Å². The van der Waals surface area contributed by atoms with Crippen LogP contribution in [-0.2, 0) is 16.1 Å². The number of pyridine rings is 1. The van der Waals surface area contributed by atoms with Gasteiger partial charge in [-0.05, 0) is 38.0 Å². The van der Waals surface area contributed by atoms with Crippen LogP contribution in [0, 0.1) is 13.8 Å². The molecule has 2 aromatic rings. The molecule has 0 saturated carbocycles. The molecule has 1 heterocycles. The Morgan fingerprint density at radius 2 is 1.96 bits per heavy atom. The molecule has 0 aliphatic carbocycles. The molecule has 1 aromatic carbocycles. The molecule has 122 valence electrons. The summed E-state index contributed by atoms with van der Waals surface area (Å²) in [4.78, 5) is 27.2. The first-order valence-corrected chi connectivity index (χ1v) is 7.66. The van der Waals surface area contributed by atoms with E-state index in [-0.39, 0.29) is 18.0 Å². The van der Waals surface area contributed by atoms with Crippen molar-refractivity contribution in [3.63, 3.8) is 0 Å². The highest BCUT2D eigenvalue weighted by Crippen LogP contribution is 2.17. The number of H-pyrrole nitrogens is 1. The summed E-state index contributed by atoms with van der Waals surface area (Å²) in [5, 5.41) is 2.80. The minimum absolute atomic E-state index is 0.171. The lowest BCUT2D eigenvalue weighted by Crippen LogP contribution is -2.33. The third kappa shape index (κ3) is 4.29. The molecule has 5 nitrogen and oxygen atoms in total. The molecule has 23 heavy (non-hydrogen) atoms. The molecule has 0 aliphatic rings. The molecular formula is C18H22N2O3. The number of aromatic amines is 1. The van der Waals surface area contributed by atoms with Crippen LogP contribution in [0.25, 0.3) is 0 Å². The maximum atomic E-state index is 12.4. The summed E-state index contributed by atoms with van der Waals surface area (Å²) in [6.45, 7) is 6.14. The maximum Gasteiger partial charge on any atom is 0.254 e. The van der Waals surface area contributed by atoms with Crippen molar-refractivity contribution in [3.05, 3.63) is 69.1 Å². The Balaban J connectivity index is 2.13. The van der Waals surface area contributed by atoms with Crippen molar-refractivity contribution in [3.8, 4) is 0 Å². The third-order valence-electron chi connectivity index (χ3n) is 3.61. The highest BCUT2D eigenvalue weighted by molar-refractivity contribution is 5.82. The summed E-state index contributed by atoms with van der Waals surface area (Å²) in [7, 11) is 0. The number of aryl methyl sites for hydroxylation is 2. The lowest BCUT2D eigenvalue weighted by atomic mass is 10.1. The van der Waals surface area contributed by atoms with Crippen LogP contribution in [-0.4, -0.2) is 17.5 Å². The maximum absolute atomic E-state index is 12.4. The average molecular weight is 314 g/mol. The molecule has 0 radical (unpaired) electrons. The summed E-state index contributed by atoms with van der Waals surface area (Å²) in [5.74, 6) is -0.252. The quantitative estimate of drug-likeness (QED) is 0.860. The number of benzene rings is 1. The zero-order valence-corrected chi connectivity index (χ0v) is 13.7. The van der Waals surface area contributed by atoms with E-state index in [0.717, 1.165) is 16.8 Å². The van der Waals surface area contributed by atoms with E-state index in [1.165, 1.54) is 0 Å². The number of hydrogen-bond acceptors (Lipinski definition) is 3. The van der Waals surface area contributed by atoms with Gasteiger partial charge in [0.2, 0.25) is 0 Å². The van der Waals surface area contributed by atoms with Crippen molar-refractivity contribution in [1.29, 1.82) is 0 Å². The van der Waals surface area contributed by atoms with E-state index >= 15 is 0 Å². The summed E-state index contributed by atoms with van der Waals surface area (Å²) in [6, 6.07) is 11.2. The van der Waals surface area contributed by atoms with Gasteiger partial charge in [-0.15, -0.1) is 0 Å². The second kappa shape index (κ2) is 7.74. The van der Waals surface area contributed by atoms with Gasteiger partial charge in [-0.1, -0.05) is 30.3 Å². The largest absolute Gasteiger partial charge is 0.364 e. The van der Waals surface area contributed by atoms with Crippen LogP contribution in [0.2, 0.25) is 0 Å². The minimum atomic E-state index is -0.675. The summed E-state index contributed by atoms with van der Waals surface area (Å²) in [5.41, 5.74) is 2.85. The zero-order chi connectivity index (χ0) is 16.8. The van der Waals surface area contributed by atoms with Crippen molar-refractivity contribution in [2.45, 2.75) is 33.4 Å². The van der Waals surface area contributed by atoms with E-state index in [4.69, 9.17) is 4.74 Å². The summed E-state index contributed by atoms with van der Waals surface area (Å²) in [6.07, 6.45) is -0.675. The molecule has 5 heteroatoms. The number of nitrogens with one attached hydrogen (secondary N) is 2. The van der Waals surface area contributed by atoms with Crippen LogP contribution in [0.5, 0.6) is 0 Å². The fourth-order valence-electron chi connectivity index (χ4n) is 2.49. The molecule has 2 N–H and O–H groups in total. The molecule has 0 aliphatic heterocycles. The second-order valence-electron chi connectivity index (χ2n) is 5.41. The van der Waals surface area contributed by atoms with E-state index in [1.807, 2.05) is 57.2 Å². The van der Waals surface area contributed by atoms with Crippen LogP contribution in [0.15, 0.2) is 41.2 Å². The first kappa shape index (κ1) is 17.0. The van der Waals surface area contributed by atoms with Crippen molar-refractivity contribution >= 4 is 5.91 Å². The summed E-state index contributed by atoms with van der Waals surface area (Å²) < 4.78 is 5.56. The first-order valence-electron chi connectivity index (χ1n) is 7.66. The number of amides is 1. The molecule has 0 fully saturated rings. The SMILES string of the molecule is CCO[C@H](C(=O)NCc1c(C)cc(C)[nH]c1=O)c1ccccc1. The van der Waals surface area contributed by atoms with Gasteiger partial charge in [0.15, 0.2) is 6.10 Å². The van der Waals surface area contributed by atoms with Crippen LogP contribution in [0.3, 0.4) is 0 Å². The van der Waals surface area contributed by atoms with Crippen LogP contribution in [0.1, 0.15) is 35.4 Å². The molecule has 0 saturated heterocycles. The number of aromatic nitrogens is 1. The number of rotatable bonds is 6. The standard InChI is InChI=1S/C18H22N2O3/c1-4-23-16(14-8-6-5-7-9-14)18(22)19-11-15-12(2)10-13(3)20-17(15)21/h5-10,16H,4,11H2,1-3H3,(H,19,22)(H,20,21)/t16-/m0/s1. The van der Waals surface area contributed by atoms with Gasteiger partial charge < -0.3 is 15.0 Å². The van der Waals surface area contributed by atoms with Gasteiger partial charge in [0.25, 0.3) is 11.5 Å². The van der Waals surface area contributed by atoms with Gasteiger partial charge in [-0.25, -0.2) is 0 Å². The van der Waals surface area contributed by atoms with Crippen molar-refractivity contribution in [1.82, 2.24) is 10.3 Å². The number of carbonyl (C=O) groups is 1. The molecule has 0 unspecified atom stereocenters. The van der Waals surface area contributed by atoms with E-state index in [2.05, 4.69) is 10.3 Å². The Morgan fingerprint density at radius 1 is 1.26 bits per heavy atom. The van der Waals surface area contributed by atoms with Crippen LogP contribution >= 0.6 is 0 Å². The molecule has 0 bridgehead atoms. The van der Waals surface area contributed by atoms with Crippen LogP contribution < -0.4 is 10.9 Å². The Morgan fingerprint density at radius 3 is 2.57 bits per heavy atom. The fraction of sp³-hybridized carbons (Fsp3) is 0.333. The molecule has 1 atom stereocenters. The van der Waals surface area contributed by atoms with E-state index in [0.29, 0.717) is 12.2 Å². The highest BCUT2D eigenvalue weighted by atomic mass is 16.5. The summed E-state index contributed by atoms with van der Waals surface area (Å²) >= 11 is 0. The normalized spacial score (nSPS) is 12.0. The Kier molecular flexibility index (Phi) is 5.71. The minimum Gasteiger partial charge on any atom is -0.364 e. The lowest BCUT2D eigenvalue weighted by Gasteiger charge is -2.17. The third-order valence-corrected chi connectivity index (χ3v) is 3.61. The Hall–Kier alpha value is -2.40. The second-order valence-corrected chi connectivity index (χ2v) is 5.41. The van der Waals surface area contributed by atoms with Gasteiger partial charge >= 0.3 is 0 Å². The monoisotopic (exact) mass is 314 g/mol. The first-order chi connectivity index (χ1) is 11.0. The van der Waals surface area contributed by atoms with Gasteiger partial charge in [0, 0.05) is 24.4 Å². The van der Waals surface area contributed by atoms with Crippen LogP contribution in [0.4, 0.5) is 0 Å². The molecule has 1 aromatic heterocycles. The molecular weight excluding hydrogens is 292 g/mol. The van der Waals surface area contributed by atoms with Gasteiger partial charge in [0.05, 0.1) is 0 Å². The number of ether oxygens (including phenoxy) is 1. The lowest BCUT2D eigenvalue weighted by molar-refractivity contribution is -0.133. The predicted molar refractivity (Wildman–Crippen MR) is 89.2 cm³/mol. The average Bonchev–Trinajstić information content (AvgIpc) is 2.52. The smallest absolute Gasteiger partial charge is 0.254 e. The van der Waals surface area contributed by atoms with Crippen molar-refractivity contribution in [2.75, 3.05) is 6.61 Å². The fourth-order valence-corrected chi connectivity index (χ4v) is 2.49. The molecule has 1 amide bonds. The number of hydrogen-bond donors (Lipinski definition) is 2. The number of carbonyl (C=O) groups excluding carboxylic acids is 1.